The highest BCUT2D eigenvalue weighted by molar-refractivity contribution is 6.11. The molecule has 1 aromatic heterocycles. The Balaban J connectivity index is 2.28. The molecule has 0 aliphatic rings. The minimum absolute atomic E-state index is 0.0505. The molecule has 3 rings (SSSR count). The predicted molar refractivity (Wildman–Crippen MR) is 103 cm³/mol. The van der Waals surface area contributed by atoms with Crippen LogP contribution in [0.1, 0.15) is 12.0 Å². The van der Waals surface area contributed by atoms with E-state index in [1.807, 2.05) is 50.2 Å². The highest BCUT2D eigenvalue weighted by atomic mass is 16.6. The van der Waals surface area contributed by atoms with Crippen molar-refractivity contribution in [2.24, 2.45) is 0 Å². The summed E-state index contributed by atoms with van der Waals surface area (Å²) in [5.41, 5.74) is 2.47. The number of pyridine rings is 1. The van der Waals surface area contributed by atoms with E-state index in [4.69, 9.17) is 0 Å². The van der Waals surface area contributed by atoms with E-state index in [9.17, 15) is 15.3 Å². The van der Waals surface area contributed by atoms with Gasteiger partial charge >= 0.3 is 0 Å². The first-order valence-corrected chi connectivity index (χ1v) is 8.47. The fourth-order valence-corrected chi connectivity index (χ4v) is 3.16. The molecule has 0 spiro atoms. The second kappa shape index (κ2) is 7.23. The lowest BCUT2D eigenvalue weighted by Crippen LogP contribution is -2.24. The van der Waals surface area contributed by atoms with Gasteiger partial charge in [-0.1, -0.05) is 24.3 Å². The minimum atomic E-state index is -0.421. The van der Waals surface area contributed by atoms with Gasteiger partial charge in [0.15, 0.2) is 0 Å². The normalized spacial score (nSPS) is 11.4. The third kappa shape index (κ3) is 3.31. The van der Waals surface area contributed by atoms with E-state index in [2.05, 4.69) is 4.98 Å². The first-order chi connectivity index (χ1) is 12.4. The van der Waals surface area contributed by atoms with Crippen LogP contribution in [0.4, 0.5) is 11.4 Å². The van der Waals surface area contributed by atoms with Crippen LogP contribution in [0.3, 0.4) is 0 Å². The van der Waals surface area contributed by atoms with E-state index in [-0.39, 0.29) is 5.69 Å². The Morgan fingerprint density at radius 2 is 1.88 bits per heavy atom. The Morgan fingerprint density at radius 3 is 2.58 bits per heavy atom. The molecule has 26 heavy (non-hydrogen) atoms. The molecule has 0 aliphatic heterocycles. The molecular weight excluding hydrogens is 332 g/mol. The molecule has 0 unspecified atom stereocenters. The highest BCUT2D eigenvalue weighted by Gasteiger charge is 2.23. The number of anilines is 1. The average Bonchev–Trinajstić information content (AvgIpc) is 2.59. The number of nitro benzene ring substituents is 1. The molecule has 0 radical (unpaired) electrons. The first-order valence-electron chi connectivity index (χ1n) is 8.47. The number of aryl methyl sites for hydroxylation is 1. The van der Waals surface area contributed by atoms with E-state index in [1.165, 1.54) is 6.07 Å². The van der Waals surface area contributed by atoms with Gasteiger partial charge in [0.25, 0.3) is 5.69 Å². The van der Waals surface area contributed by atoms with Crippen molar-refractivity contribution in [3.8, 4) is 0 Å². The molecule has 1 N–H and O–H groups in total. The zero-order valence-electron chi connectivity index (χ0n) is 15.1. The van der Waals surface area contributed by atoms with Crippen LogP contribution in [0, 0.1) is 17.0 Å². The number of hydroxylamine groups is 1. The zero-order chi connectivity index (χ0) is 18.8. The maximum Gasteiger partial charge on any atom is 0.281 e. The van der Waals surface area contributed by atoms with E-state index >= 15 is 0 Å². The van der Waals surface area contributed by atoms with Gasteiger partial charge in [-0.3, -0.25) is 20.4 Å². The monoisotopic (exact) mass is 354 g/mol. The summed E-state index contributed by atoms with van der Waals surface area (Å²) < 4.78 is 0. The van der Waals surface area contributed by atoms with Gasteiger partial charge in [-0.15, -0.1) is 0 Å². The summed E-state index contributed by atoms with van der Waals surface area (Å²) in [6, 6.07) is 10.6. The lowest BCUT2D eigenvalue weighted by Gasteiger charge is -2.22. The number of non-ortho nitro benzene ring substituents is 1. The van der Waals surface area contributed by atoms with Crippen LogP contribution >= 0.6 is 0 Å². The molecule has 136 valence electrons. The quantitative estimate of drug-likeness (QED) is 0.412. The molecule has 0 bridgehead atoms. The Kier molecular flexibility index (Phi) is 5.01. The van der Waals surface area contributed by atoms with Crippen molar-refractivity contribution in [2.75, 3.05) is 32.2 Å². The Morgan fingerprint density at radius 1 is 1.15 bits per heavy atom. The molecule has 0 fully saturated rings. The topological polar surface area (TPSA) is 82.7 Å². The van der Waals surface area contributed by atoms with Gasteiger partial charge < -0.3 is 4.90 Å². The van der Waals surface area contributed by atoms with Crippen molar-refractivity contribution < 1.29 is 10.1 Å². The van der Waals surface area contributed by atoms with Crippen molar-refractivity contribution in [3.05, 3.63) is 52.1 Å². The van der Waals surface area contributed by atoms with E-state index in [0.717, 1.165) is 23.6 Å². The standard InChI is InChI=1S/C19H22N4O3/c1-13-9-10-16(23(25)26)17-18(13)20-15-8-5-4-7-14(15)19(17)22(24)12-6-11-21(2)3/h4-5,7-10,24H,6,11-12H2,1-3H3. The van der Waals surface area contributed by atoms with Crippen LogP contribution < -0.4 is 5.06 Å². The molecule has 0 amide bonds. The second-order valence-electron chi connectivity index (χ2n) is 6.64. The first kappa shape index (κ1) is 18.0. The summed E-state index contributed by atoms with van der Waals surface area (Å²) in [6.07, 6.45) is 0.723. The second-order valence-corrected chi connectivity index (χ2v) is 6.64. The summed E-state index contributed by atoms with van der Waals surface area (Å²) in [7, 11) is 3.93. The zero-order valence-corrected chi connectivity index (χ0v) is 15.1. The van der Waals surface area contributed by atoms with Gasteiger partial charge in [0.05, 0.1) is 21.6 Å². The number of nitrogens with zero attached hydrogens (tertiary/aromatic N) is 4. The maximum atomic E-state index is 11.6. The third-order valence-corrected chi connectivity index (χ3v) is 4.42. The number of rotatable bonds is 6. The summed E-state index contributed by atoms with van der Waals surface area (Å²) >= 11 is 0. The number of hydrogen-bond acceptors (Lipinski definition) is 6. The number of nitro groups is 1. The lowest BCUT2D eigenvalue weighted by atomic mass is 10.0. The Hall–Kier alpha value is -2.77. The molecular formula is C19H22N4O3. The van der Waals surface area contributed by atoms with E-state index in [0.29, 0.717) is 34.0 Å². The molecule has 2 aromatic carbocycles. The van der Waals surface area contributed by atoms with Crippen molar-refractivity contribution in [2.45, 2.75) is 13.3 Å². The van der Waals surface area contributed by atoms with Crippen LogP contribution in [0.15, 0.2) is 36.4 Å². The third-order valence-electron chi connectivity index (χ3n) is 4.42. The van der Waals surface area contributed by atoms with Crippen LogP contribution in [0.2, 0.25) is 0 Å². The molecule has 0 saturated heterocycles. The van der Waals surface area contributed by atoms with Gasteiger partial charge in [-0.05, 0) is 45.6 Å². The minimum Gasteiger partial charge on any atom is -0.309 e. The van der Waals surface area contributed by atoms with Crippen molar-refractivity contribution in [1.29, 1.82) is 0 Å². The molecule has 1 heterocycles. The Bertz CT molecular complexity index is 972. The predicted octanol–water partition coefficient (Wildman–Crippen LogP) is 3.75. The largest absolute Gasteiger partial charge is 0.309 e. The van der Waals surface area contributed by atoms with Crippen LogP contribution in [0.25, 0.3) is 21.8 Å². The van der Waals surface area contributed by atoms with Gasteiger partial charge in [0, 0.05) is 18.0 Å². The summed E-state index contributed by atoms with van der Waals surface area (Å²) in [4.78, 5) is 17.8. The van der Waals surface area contributed by atoms with Crippen LogP contribution in [-0.2, 0) is 0 Å². The lowest BCUT2D eigenvalue weighted by molar-refractivity contribution is -0.383. The fraction of sp³-hybridized carbons (Fsp3) is 0.316. The van der Waals surface area contributed by atoms with Gasteiger partial charge in [-0.25, -0.2) is 4.98 Å². The molecule has 7 nitrogen and oxygen atoms in total. The van der Waals surface area contributed by atoms with Crippen LogP contribution in [0.5, 0.6) is 0 Å². The number of fused-ring (bicyclic) bond motifs is 2. The number of aromatic nitrogens is 1. The van der Waals surface area contributed by atoms with E-state index in [1.54, 1.807) is 6.07 Å². The SMILES string of the molecule is Cc1ccc([N+](=O)[O-])c2c(N(O)CCCN(C)C)c3ccccc3nc12. The number of benzene rings is 2. The molecule has 7 heteroatoms. The van der Waals surface area contributed by atoms with Crippen molar-refractivity contribution >= 4 is 33.2 Å². The van der Waals surface area contributed by atoms with Gasteiger partial charge in [-0.2, -0.15) is 0 Å². The molecule has 0 aliphatic carbocycles. The summed E-state index contributed by atoms with van der Waals surface area (Å²) in [5, 5.41) is 24.6. The molecule has 0 saturated carbocycles. The summed E-state index contributed by atoms with van der Waals surface area (Å²) in [5.74, 6) is 0. The highest BCUT2D eigenvalue weighted by Crippen LogP contribution is 2.39. The fourth-order valence-electron chi connectivity index (χ4n) is 3.16. The van der Waals surface area contributed by atoms with Crippen LogP contribution in [-0.4, -0.2) is 47.2 Å². The van der Waals surface area contributed by atoms with E-state index < -0.39 is 4.92 Å². The van der Waals surface area contributed by atoms with Gasteiger partial charge in [0.2, 0.25) is 0 Å². The van der Waals surface area contributed by atoms with Crippen molar-refractivity contribution in [3.63, 3.8) is 0 Å². The number of hydrogen-bond donors (Lipinski definition) is 1. The van der Waals surface area contributed by atoms with Crippen molar-refractivity contribution in [1.82, 2.24) is 9.88 Å². The van der Waals surface area contributed by atoms with Gasteiger partial charge in [0.1, 0.15) is 5.39 Å². The molecule has 3 aromatic rings. The summed E-state index contributed by atoms with van der Waals surface area (Å²) in [6.45, 7) is 3.04. The average molecular weight is 354 g/mol. The smallest absolute Gasteiger partial charge is 0.281 e. The molecule has 0 atom stereocenters. The maximum absolute atomic E-state index is 11.6. The number of para-hydroxylation sites is 1. The Labute approximate surface area is 151 Å².